The van der Waals surface area contributed by atoms with Crippen molar-refractivity contribution in [3.05, 3.63) is 41.5 Å². The molecule has 0 amide bonds. The summed E-state index contributed by atoms with van der Waals surface area (Å²) in [5.74, 6) is 0.989. The maximum Gasteiger partial charge on any atom is 0.167 e. The molecule has 2 atom stereocenters. The fraction of sp³-hybridized carbons (Fsp3) is 0.294. The van der Waals surface area contributed by atoms with Gasteiger partial charge in [0.25, 0.3) is 0 Å². The fourth-order valence-electron chi connectivity index (χ4n) is 2.83. The van der Waals surface area contributed by atoms with Crippen LogP contribution < -0.4 is 14.2 Å². The second-order valence-electron chi connectivity index (χ2n) is 5.34. The zero-order valence-electron chi connectivity index (χ0n) is 12.8. The molecule has 1 aliphatic rings. The van der Waals surface area contributed by atoms with Crippen molar-refractivity contribution < 1.29 is 29.5 Å². The summed E-state index contributed by atoms with van der Waals surface area (Å²) in [5.41, 5.74) is 1.28. The van der Waals surface area contributed by atoms with Gasteiger partial charge in [-0.05, 0) is 12.1 Å². The second kappa shape index (κ2) is 5.89. The Hall–Kier alpha value is -2.60. The van der Waals surface area contributed by atoms with Crippen LogP contribution in [-0.2, 0) is 6.42 Å². The predicted octanol–water partition coefficient (Wildman–Crippen LogP) is 2.15. The van der Waals surface area contributed by atoms with Gasteiger partial charge in [-0.25, -0.2) is 0 Å². The van der Waals surface area contributed by atoms with E-state index in [2.05, 4.69) is 0 Å². The number of phenolic OH excluding ortho intramolecular Hbond substituents is 2. The number of rotatable bonds is 3. The first-order valence-electron chi connectivity index (χ1n) is 7.15. The zero-order valence-corrected chi connectivity index (χ0v) is 12.8. The van der Waals surface area contributed by atoms with Crippen LogP contribution in [0.5, 0.6) is 28.7 Å². The van der Waals surface area contributed by atoms with Crippen molar-refractivity contribution in [1.82, 2.24) is 0 Å². The Morgan fingerprint density at radius 2 is 1.87 bits per heavy atom. The minimum absolute atomic E-state index is 0.0239. The number of aliphatic hydroxyl groups is 1. The first-order valence-corrected chi connectivity index (χ1v) is 7.15. The number of aromatic hydroxyl groups is 2. The van der Waals surface area contributed by atoms with Crippen LogP contribution >= 0.6 is 0 Å². The van der Waals surface area contributed by atoms with Crippen molar-refractivity contribution in [3.8, 4) is 28.7 Å². The summed E-state index contributed by atoms with van der Waals surface area (Å²) in [5, 5.41) is 30.2. The lowest BCUT2D eigenvalue weighted by molar-refractivity contribution is 0.0191. The Kier molecular flexibility index (Phi) is 3.92. The maximum absolute atomic E-state index is 10.4. The number of ether oxygens (including phenoxy) is 3. The predicted molar refractivity (Wildman–Crippen MR) is 82.4 cm³/mol. The molecule has 122 valence electrons. The van der Waals surface area contributed by atoms with Crippen molar-refractivity contribution in [3.63, 3.8) is 0 Å². The molecular weight excluding hydrogens is 300 g/mol. The summed E-state index contributed by atoms with van der Waals surface area (Å²) >= 11 is 0. The third-order valence-electron chi connectivity index (χ3n) is 3.93. The third kappa shape index (κ3) is 2.61. The van der Waals surface area contributed by atoms with E-state index in [9.17, 15) is 15.3 Å². The van der Waals surface area contributed by atoms with Gasteiger partial charge in [0.15, 0.2) is 29.1 Å². The highest BCUT2D eigenvalue weighted by atomic mass is 16.5. The van der Waals surface area contributed by atoms with E-state index in [1.54, 1.807) is 18.2 Å². The summed E-state index contributed by atoms with van der Waals surface area (Å²) in [6.07, 6.45) is -1.21. The number of hydrogen-bond acceptors (Lipinski definition) is 6. The largest absolute Gasteiger partial charge is 0.504 e. The van der Waals surface area contributed by atoms with Crippen LogP contribution in [0.4, 0.5) is 0 Å². The van der Waals surface area contributed by atoms with Gasteiger partial charge < -0.3 is 29.5 Å². The molecule has 0 fully saturated rings. The molecule has 2 aromatic carbocycles. The molecule has 23 heavy (non-hydrogen) atoms. The normalized spacial score (nSPS) is 19.6. The van der Waals surface area contributed by atoms with Gasteiger partial charge in [-0.15, -0.1) is 0 Å². The van der Waals surface area contributed by atoms with Crippen LogP contribution in [0.1, 0.15) is 17.2 Å². The molecule has 0 spiro atoms. The maximum atomic E-state index is 10.4. The van der Waals surface area contributed by atoms with E-state index in [0.29, 0.717) is 23.5 Å². The molecule has 0 bridgehead atoms. The summed E-state index contributed by atoms with van der Waals surface area (Å²) in [7, 11) is 2.90. The molecule has 2 aromatic rings. The van der Waals surface area contributed by atoms with Crippen LogP contribution in [0.25, 0.3) is 0 Å². The lowest BCUT2D eigenvalue weighted by atomic mass is 9.93. The molecule has 3 N–H and O–H groups in total. The average molecular weight is 318 g/mol. The molecule has 0 saturated carbocycles. The number of aliphatic hydroxyl groups excluding tert-OH is 1. The molecule has 0 unspecified atom stereocenters. The standard InChI is InChI=1S/C17H18O6/c1-21-15-7-9-6-13(20)17(23-14(9)8-12(15)19)10-4-3-5-11(18)16(10)22-2/h3-5,7-8,13,17-20H,6H2,1-2H3/t13-,17+/m1/s1. The van der Waals surface area contributed by atoms with Crippen molar-refractivity contribution in [1.29, 1.82) is 0 Å². The number of para-hydroxylation sites is 1. The van der Waals surface area contributed by atoms with Crippen LogP contribution in [-0.4, -0.2) is 35.6 Å². The second-order valence-corrected chi connectivity index (χ2v) is 5.34. The fourth-order valence-corrected chi connectivity index (χ4v) is 2.83. The number of methoxy groups -OCH3 is 2. The molecule has 0 radical (unpaired) electrons. The monoisotopic (exact) mass is 318 g/mol. The Morgan fingerprint density at radius 1 is 1.09 bits per heavy atom. The van der Waals surface area contributed by atoms with Gasteiger partial charge >= 0.3 is 0 Å². The van der Waals surface area contributed by atoms with E-state index in [-0.39, 0.29) is 17.2 Å². The molecule has 0 aromatic heterocycles. The van der Waals surface area contributed by atoms with Crippen LogP contribution in [0, 0.1) is 0 Å². The zero-order chi connectivity index (χ0) is 16.6. The van der Waals surface area contributed by atoms with Crippen molar-refractivity contribution in [2.24, 2.45) is 0 Å². The van der Waals surface area contributed by atoms with Gasteiger partial charge in [0, 0.05) is 23.6 Å². The highest BCUT2D eigenvalue weighted by Crippen LogP contribution is 2.44. The minimum atomic E-state index is -0.826. The Balaban J connectivity index is 2.02. The van der Waals surface area contributed by atoms with Crippen molar-refractivity contribution >= 4 is 0 Å². The van der Waals surface area contributed by atoms with E-state index in [1.807, 2.05) is 0 Å². The van der Waals surface area contributed by atoms with Gasteiger partial charge in [0.05, 0.1) is 20.3 Å². The van der Waals surface area contributed by atoms with E-state index in [0.717, 1.165) is 5.56 Å². The Morgan fingerprint density at radius 3 is 2.57 bits per heavy atom. The van der Waals surface area contributed by atoms with Gasteiger partial charge in [-0.1, -0.05) is 12.1 Å². The average Bonchev–Trinajstić information content (AvgIpc) is 2.54. The van der Waals surface area contributed by atoms with Crippen LogP contribution in [0.2, 0.25) is 0 Å². The van der Waals surface area contributed by atoms with Crippen LogP contribution in [0.15, 0.2) is 30.3 Å². The number of fused-ring (bicyclic) bond motifs is 1. The number of phenols is 2. The van der Waals surface area contributed by atoms with Crippen LogP contribution in [0.3, 0.4) is 0 Å². The van der Waals surface area contributed by atoms with Gasteiger partial charge in [0.2, 0.25) is 0 Å². The Labute approximate surface area is 133 Å². The molecule has 6 heteroatoms. The topological polar surface area (TPSA) is 88.4 Å². The molecule has 0 aliphatic carbocycles. The van der Waals surface area contributed by atoms with E-state index >= 15 is 0 Å². The summed E-state index contributed by atoms with van der Waals surface area (Å²) < 4.78 is 16.1. The summed E-state index contributed by atoms with van der Waals surface area (Å²) in [4.78, 5) is 0. The first-order chi connectivity index (χ1) is 11.0. The summed E-state index contributed by atoms with van der Waals surface area (Å²) in [6.45, 7) is 0. The molecule has 1 aliphatic heterocycles. The van der Waals surface area contributed by atoms with Crippen molar-refractivity contribution in [2.75, 3.05) is 14.2 Å². The lowest BCUT2D eigenvalue weighted by Crippen LogP contribution is -2.30. The highest BCUT2D eigenvalue weighted by molar-refractivity contribution is 5.53. The lowest BCUT2D eigenvalue weighted by Gasteiger charge is -2.32. The van der Waals surface area contributed by atoms with E-state index < -0.39 is 12.2 Å². The van der Waals surface area contributed by atoms with Gasteiger partial charge in [-0.2, -0.15) is 0 Å². The number of hydrogen-bond donors (Lipinski definition) is 3. The summed E-state index contributed by atoms with van der Waals surface area (Å²) in [6, 6.07) is 7.99. The molecule has 0 saturated heterocycles. The molecular formula is C17H18O6. The Bertz CT molecular complexity index is 727. The quantitative estimate of drug-likeness (QED) is 0.804. The molecule has 3 rings (SSSR count). The number of benzene rings is 2. The van der Waals surface area contributed by atoms with Crippen molar-refractivity contribution in [2.45, 2.75) is 18.6 Å². The van der Waals surface area contributed by atoms with Gasteiger partial charge in [0.1, 0.15) is 5.75 Å². The molecule has 1 heterocycles. The third-order valence-corrected chi connectivity index (χ3v) is 3.93. The van der Waals surface area contributed by atoms with E-state index in [1.165, 1.54) is 26.4 Å². The SMILES string of the molecule is COc1cc2c(cc1O)O[C@@H](c1cccc(O)c1OC)[C@H](O)C2. The van der Waals surface area contributed by atoms with E-state index in [4.69, 9.17) is 14.2 Å². The van der Waals surface area contributed by atoms with Gasteiger partial charge in [-0.3, -0.25) is 0 Å². The highest BCUT2D eigenvalue weighted by Gasteiger charge is 2.33. The smallest absolute Gasteiger partial charge is 0.167 e. The minimum Gasteiger partial charge on any atom is -0.504 e. The first kappa shape index (κ1) is 15.3. The molecule has 6 nitrogen and oxygen atoms in total.